The van der Waals surface area contributed by atoms with Crippen molar-refractivity contribution < 1.29 is 4.79 Å². The van der Waals surface area contributed by atoms with E-state index in [1.165, 1.54) is 17.8 Å². The zero-order chi connectivity index (χ0) is 10.6. The molecule has 0 saturated carbocycles. The standard InChI is InChI=1S/C7H11N5OS/c8-4-3-5(9)12-7(11-4)14-2-1-6(10)13/h3H,1-2H2,(H2,10,13)(H4,8,9,11,12). The van der Waals surface area contributed by atoms with Crippen LogP contribution in [0.3, 0.4) is 0 Å². The monoisotopic (exact) mass is 213 g/mol. The van der Waals surface area contributed by atoms with E-state index in [1.54, 1.807) is 0 Å². The summed E-state index contributed by atoms with van der Waals surface area (Å²) >= 11 is 1.29. The zero-order valence-corrected chi connectivity index (χ0v) is 8.25. The quantitative estimate of drug-likeness (QED) is 0.462. The van der Waals surface area contributed by atoms with Gasteiger partial charge in [-0.3, -0.25) is 4.79 Å². The Bertz CT molecular complexity index is 323. The molecule has 1 aromatic rings. The fourth-order valence-corrected chi connectivity index (χ4v) is 1.60. The van der Waals surface area contributed by atoms with E-state index in [0.717, 1.165) is 0 Å². The number of aromatic nitrogens is 2. The summed E-state index contributed by atoms with van der Waals surface area (Å²) in [7, 11) is 0. The van der Waals surface area contributed by atoms with Gasteiger partial charge >= 0.3 is 0 Å². The minimum atomic E-state index is -0.352. The van der Waals surface area contributed by atoms with Crippen molar-refractivity contribution >= 4 is 29.3 Å². The Hall–Kier alpha value is -1.50. The highest BCUT2D eigenvalue weighted by atomic mass is 32.2. The van der Waals surface area contributed by atoms with Crippen LogP contribution in [-0.2, 0) is 4.79 Å². The van der Waals surface area contributed by atoms with E-state index >= 15 is 0 Å². The van der Waals surface area contributed by atoms with Crippen LogP contribution in [0.25, 0.3) is 0 Å². The van der Waals surface area contributed by atoms with Crippen molar-refractivity contribution in [1.82, 2.24) is 9.97 Å². The smallest absolute Gasteiger partial charge is 0.218 e. The first-order valence-electron chi connectivity index (χ1n) is 3.89. The SMILES string of the molecule is NC(=O)CCSc1nc(N)cc(N)n1. The zero-order valence-electron chi connectivity index (χ0n) is 7.43. The average Bonchev–Trinajstić information content (AvgIpc) is 2.01. The summed E-state index contributed by atoms with van der Waals surface area (Å²) in [5.74, 6) is 0.811. The Balaban J connectivity index is 2.54. The minimum Gasteiger partial charge on any atom is -0.383 e. The molecular weight excluding hydrogens is 202 g/mol. The van der Waals surface area contributed by atoms with Gasteiger partial charge in [0, 0.05) is 18.2 Å². The molecule has 0 atom stereocenters. The minimum absolute atomic E-state index is 0.280. The Morgan fingerprint density at radius 3 is 2.43 bits per heavy atom. The van der Waals surface area contributed by atoms with Gasteiger partial charge in [0.05, 0.1) is 0 Å². The molecule has 7 heteroatoms. The Labute approximate surface area is 85.3 Å². The second kappa shape index (κ2) is 4.66. The van der Waals surface area contributed by atoms with Gasteiger partial charge < -0.3 is 17.2 Å². The molecule has 0 aliphatic rings. The first kappa shape index (κ1) is 10.6. The average molecular weight is 213 g/mol. The van der Waals surface area contributed by atoms with Crippen LogP contribution in [-0.4, -0.2) is 21.6 Å². The second-order valence-electron chi connectivity index (χ2n) is 2.57. The molecule has 0 aliphatic carbocycles. The van der Waals surface area contributed by atoms with Crippen molar-refractivity contribution in [3.63, 3.8) is 0 Å². The highest BCUT2D eigenvalue weighted by Gasteiger charge is 2.02. The lowest BCUT2D eigenvalue weighted by molar-refractivity contribution is -0.117. The van der Waals surface area contributed by atoms with Crippen LogP contribution in [0.15, 0.2) is 11.2 Å². The molecule has 1 rings (SSSR count). The number of carbonyl (C=O) groups is 1. The highest BCUT2D eigenvalue weighted by Crippen LogP contribution is 2.16. The number of primary amides is 1. The van der Waals surface area contributed by atoms with Crippen molar-refractivity contribution in [2.24, 2.45) is 5.73 Å². The number of amides is 1. The molecular formula is C7H11N5OS. The summed E-state index contributed by atoms with van der Waals surface area (Å²) in [6.07, 6.45) is 0.280. The van der Waals surface area contributed by atoms with Crippen molar-refractivity contribution in [2.75, 3.05) is 17.2 Å². The van der Waals surface area contributed by atoms with E-state index < -0.39 is 0 Å². The molecule has 0 radical (unpaired) electrons. The predicted molar refractivity (Wildman–Crippen MR) is 55.4 cm³/mol. The van der Waals surface area contributed by atoms with Gasteiger partial charge in [0.15, 0.2) is 5.16 Å². The number of hydrogen-bond acceptors (Lipinski definition) is 6. The molecule has 6 N–H and O–H groups in total. The molecule has 0 saturated heterocycles. The van der Waals surface area contributed by atoms with Crippen molar-refractivity contribution in [2.45, 2.75) is 11.6 Å². The van der Waals surface area contributed by atoms with Crippen molar-refractivity contribution in [1.29, 1.82) is 0 Å². The Morgan fingerprint density at radius 1 is 1.36 bits per heavy atom. The first-order valence-corrected chi connectivity index (χ1v) is 4.87. The van der Waals surface area contributed by atoms with Crippen LogP contribution in [0.2, 0.25) is 0 Å². The maximum absolute atomic E-state index is 10.4. The van der Waals surface area contributed by atoms with Crippen LogP contribution in [0.4, 0.5) is 11.6 Å². The van der Waals surface area contributed by atoms with E-state index in [1.807, 2.05) is 0 Å². The van der Waals surface area contributed by atoms with Gasteiger partial charge in [0.2, 0.25) is 5.91 Å². The van der Waals surface area contributed by atoms with Crippen LogP contribution in [0.5, 0.6) is 0 Å². The third kappa shape index (κ3) is 3.48. The summed E-state index contributed by atoms with van der Waals surface area (Å²) in [6.45, 7) is 0. The molecule has 0 spiro atoms. The third-order valence-corrected chi connectivity index (χ3v) is 2.17. The Morgan fingerprint density at radius 2 is 1.93 bits per heavy atom. The number of hydrogen-bond donors (Lipinski definition) is 3. The second-order valence-corrected chi connectivity index (χ2v) is 3.63. The molecule has 6 nitrogen and oxygen atoms in total. The topological polar surface area (TPSA) is 121 Å². The van der Waals surface area contributed by atoms with Crippen LogP contribution < -0.4 is 17.2 Å². The summed E-state index contributed by atoms with van der Waals surface area (Å²) in [6, 6.07) is 1.47. The van der Waals surface area contributed by atoms with Crippen molar-refractivity contribution in [3.8, 4) is 0 Å². The van der Waals surface area contributed by atoms with E-state index in [2.05, 4.69) is 9.97 Å². The lowest BCUT2D eigenvalue weighted by Gasteiger charge is -2.00. The molecule has 1 aromatic heterocycles. The molecule has 0 fully saturated rings. The van der Waals surface area contributed by atoms with Gasteiger partial charge in [0.25, 0.3) is 0 Å². The van der Waals surface area contributed by atoms with Gasteiger partial charge in [-0.2, -0.15) is 0 Å². The number of nitrogens with zero attached hydrogens (tertiary/aromatic N) is 2. The Kier molecular flexibility index (Phi) is 3.52. The van der Waals surface area contributed by atoms with E-state index in [-0.39, 0.29) is 12.3 Å². The van der Waals surface area contributed by atoms with Gasteiger partial charge in [-0.05, 0) is 0 Å². The molecule has 0 unspecified atom stereocenters. The number of carbonyl (C=O) groups excluding carboxylic acids is 1. The molecule has 1 amide bonds. The molecule has 1 heterocycles. The predicted octanol–water partition coefficient (Wildman–Crippen LogP) is -0.392. The number of thioether (sulfide) groups is 1. The molecule has 0 bridgehead atoms. The van der Waals surface area contributed by atoms with Gasteiger partial charge in [-0.15, -0.1) is 0 Å². The molecule has 0 aromatic carbocycles. The number of nitrogen functional groups attached to an aromatic ring is 2. The summed E-state index contributed by atoms with van der Waals surface area (Å²) < 4.78 is 0. The first-order chi connectivity index (χ1) is 6.58. The number of rotatable bonds is 4. The third-order valence-electron chi connectivity index (χ3n) is 1.32. The number of nitrogens with two attached hydrogens (primary N) is 3. The van der Waals surface area contributed by atoms with Gasteiger partial charge in [-0.1, -0.05) is 11.8 Å². The number of anilines is 2. The fourth-order valence-electron chi connectivity index (χ4n) is 0.769. The lowest BCUT2D eigenvalue weighted by atomic mass is 10.5. The summed E-state index contributed by atoms with van der Waals surface area (Å²) in [5, 5.41) is 0.462. The van der Waals surface area contributed by atoms with E-state index in [4.69, 9.17) is 17.2 Å². The maximum atomic E-state index is 10.4. The highest BCUT2D eigenvalue weighted by molar-refractivity contribution is 7.99. The van der Waals surface area contributed by atoms with Crippen LogP contribution >= 0.6 is 11.8 Å². The molecule has 0 aliphatic heterocycles. The maximum Gasteiger partial charge on any atom is 0.218 e. The van der Waals surface area contributed by atoms with Gasteiger partial charge in [-0.25, -0.2) is 9.97 Å². The molecule has 14 heavy (non-hydrogen) atoms. The van der Waals surface area contributed by atoms with Crippen LogP contribution in [0, 0.1) is 0 Å². The normalized spacial score (nSPS) is 10.0. The fraction of sp³-hybridized carbons (Fsp3) is 0.286. The summed E-state index contributed by atoms with van der Waals surface area (Å²) in [5.41, 5.74) is 15.9. The lowest BCUT2D eigenvalue weighted by Crippen LogP contribution is -2.11. The summed E-state index contributed by atoms with van der Waals surface area (Å²) in [4.78, 5) is 18.3. The van der Waals surface area contributed by atoms with E-state index in [9.17, 15) is 4.79 Å². The molecule has 76 valence electrons. The largest absolute Gasteiger partial charge is 0.383 e. The van der Waals surface area contributed by atoms with Gasteiger partial charge in [0.1, 0.15) is 11.6 Å². The van der Waals surface area contributed by atoms with Crippen LogP contribution in [0.1, 0.15) is 6.42 Å². The van der Waals surface area contributed by atoms with E-state index in [0.29, 0.717) is 22.5 Å². The van der Waals surface area contributed by atoms with Crippen molar-refractivity contribution in [3.05, 3.63) is 6.07 Å².